The summed E-state index contributed by atoms with van der Waals surface area (Å²) in [5, 5.41) is 7.80. The number of pyridine rings is 1. The van der Waals surface area contributed by atoms with Crippen molar-refractivity contribution in [2.75, 3.05) is 18.4 Å². The number of aryl methyl sites for hydroxylation is 1. The predicted molar refractivity (Wildman–Crippen MR) is 114 cm³/mol. The topological polar surface area (TPSA) is 57.3 Å². The van der Waals surface area contributed by atoms with Crippen LogP contribution in [0.4, 0.5) is 23.7 Å². The zero-order valence-corrected chi connectivity index (χ0v) is 17.0. The van der Waals surface area contributed by atoms with E-state index in [1.54, 1.807) is 6.20 Å². The Labute approximate surface area is 178 Å². The lowest BCUT2D eigenvalue weighted by atomic mass is 10.1. The molecule has 1 aliphatic rings. The number of likely N-dealkylation sites (tertiary alicyclic amines) is 1. The summed E-state index contributed by atoms with van der Waals surface area (Å²) in [6.07, 6.45) is -1.76. The third-order valence-corrected chi connectivity index (χ3v) is 5.44. The number of aromatic nitrogens is 1. The number of fused-ring (bicyclic) bond motifs is 1. The van der Waals surface area contributed by atoms with Gasteiger partial charge in [0.1, 0.15) is 0 Å². The molecule has 2 heterocycles. The van der Waals surface area contributed by atoms with Crippen LogP contribution in [-0.2, 0) is 12.7 Å². The molecule has 8 heteroatoms. The number of benzene rings is 2. The van der Waals surface area contributed by atoms with Crippen molar-refractivity contribution in [3.63, 3.8) is 0 Å². The van der Waals surface area contributed by atoms with Gasteiger partial charge in [-0.25, -0.2) is 4.79 Å². The summed E-state index contributed by atoms with van der Waals surface area (Å²) >= 11 is 0. The van der Waals surface area contributed by atoms with Crippen molar-refractivity contribution < 1.29 is 18.0 Å². The standard InChI is InChI=1S/C23H23F3N4O/c1-15-11-20-17(12-27-15)3-2-4-21(20)29-22(31)28-19-9-10-30(14-19)13-16-5-7-18(8-6-16)23(24,25)26/h2-8,11-12,19H,9-10,13-14H2,1H3,(H2,28,29,31). The predicted octanol–water partition coefficient (Wildman–Crippen LogP) is 4.96. The molecule has 2 amide bonds. The van der Waals surface area contributed by atoms with Crippen LogP contribution in [-0.4, -0.2) is 35.0 Å². The van der Waals surface area contributed by atoms with Gasteiger partial charge in [-0.15, -0.1) is 0 Å². The van der Waals surface area contributed by atoms with Crippen molar-refractivity contribution in [3.05, 3.63) is 71.5 Å². The molecule has 2 N–H and O–H groups in total. The van der Waals surface area contributed by atoms with E-state index < -0.39 is 11.7 Å². The number of hydrogen-bond donors (Lipinski definition) is 2. The molecule has 3 aromatic rings. The van der Waals surface area contributed by atoms with Gasteiger partial charge < -0.3 is 10.6 Å². The number of amides is 2. The maximum Gasteiger partial charge on any atom is 0.416 e. The Morgan fingerprint density at radius 2 is 1.97 bits per heavy atom. The fourth-order valence-corrected chi connectivity index (χ4v) is 3.88. The highest BCUT2D eigenvalue weighted by atomic mass is 19.4. The fourth-order valence-electron chi connectivity index (χ4n) is 3.88. The van der Waals surface area contributed by atoms with Crippen molar-refractivity contribution in [3.8, 4) is 0 Å². The van der Waals surface area contributed by atoms with Crippen LogP contribution in [0.2, 0.25) is 0 Å². The van der Waals surface area contributed by atoms with Gasteiger partial charge in [-0.05, 0) is 43.2 Å². The van der Waals surface area contributed by atoms with E-state index in [1.165, 1.54) is 12.1 Å². The van der Waals surface area contributed by atoms with E-state index in [2.05, 4.69) is 20.5 Å². The van der Waals surface area contributed by atoms with Crippen molar-refractivity contribution in [2.24, 2.45) is 0 Å². The van der Waals surface area contributed by atoms with Gasteiger partial charge in [0.05, 0.1) is 11.3 Å². The molecule has 0 spiro atoms. The molecule has 1 aliphatic heterocycles. The molecule has 4 rings (SSSR count). The van der Waals surface area contributed by atoms with Crippen LogP contribution in [0.5, 0.6) is 0 Å². The average molecular weight is 428 g/mol. The van der Waals surface area contributed by atoms with E-state index in [4.69, 9.17) is 0 Å². The van der Waals surface area contributed by atoms with Gasteiger partial charge in [0.15, 0.2) is 0 Å². The quantitative estimate of drug-likeness (QED) is 0.618. The number of anilines is 1. The zero-order chi connectivity index (χ0) is 22.0. The fraction of sp³-hybridized carbons (Fsp3) is 0.304. The summed E-state index contributed by atoms with van der Waals surface area (Å²) < 4.78 is 38.1. The Morgan fingerprint density at radius 1 is 1.19 bits per heavy atom. The number of nitrogens with zero attached hydrogens (tertiary/aromatic N) is 2. The SMILES string of the molecule is Cc1cc2c(NC(=O)NC3CCN(Cc4ccc(C(F)(F)F)cc4)C3)cccc2cn1. The van der Waals surface area contributed by atoms with E-state index >= 15 is 0 Å². The average Bonchev–Trinajstić information content (AvgIpc) is 3.14. The Bertz CT molecular complexity index is 1080. The number of carbonyl (C=O) groups excluding carboxylic acids is 1. The Kier molecular flexibility index (Phi) is 5.82. The first-order chi connectivity index (χ1) is 14.8. The molecule has 1 unspecified atom stereocenters. The third kappa shape index (κ3) is 5.14. The molecule has 2 aromatic carbocycles. The number of nitrogens with one attached hydrogen (secondary N) is 2. The van der Waals surface area contributed by atoms with Crippen LogP contribution in [0, 0.1) is 6.92 Å². The zero-order valence-electron chi connectivity index (χ0n) is 17.0. The van der Waals surface area contributed by atoms with Crippen molar-refractivity contribution in [1.29, 1.82) is 0 Å². The monoisotopic (exact) mass is 428 g/mol. The summed E-state index contributed by atoms with van der Waals surface area (Å²) in [5.74, 6) is 0. The molecule has 0 radical (unpaired) electrons. The van der Waals surface area contributed by atoms with E-state index in [0.717, 1.165) is 52.8 Å². The van der Waals surface area contributed by atoms with Gasteiger partial charge in [0, 0.05) is 48.3 Å². The van der Waals surface area contributed by atoms with Crippen LogP contribution < -0.4 is 10.6 Å². The number of halogens is 3. The molecule has 0 bridgehead atoms. The van der Waals surface area contributed by atoms with Crippen LogP contribution in [0.25, 0.3) is 10.8 Å². The summed E-state index contributed by atoms with van der Waals surface area (Å²) in [6, 6.07) is 12.5. The second-order valence-corrected chi connectivity index (χ2v) is 7.87. The Hall–Kier alpha value is -3.13. The van der Waals surface area contributed by atoms with Gasteiger partial charge in [0.25, 0.3) is 0 Å². The van der Waals surface area contributed by atoms with E-state index in [0.29, 0.717) is 13.1 Å². The van der Waals surface area contributed by atoms with Crippen LogP contribution in [0.15, 0.2) is 54.7 Å². The lowest BCUT2D eigenvalue weighted by Crippen LogP contribution is -2.39. The normalized spacial score (nSPS) is 17.1. The molecule has 1 atom stereocenters. The summed E-state index contributed by atoms with van der Waals surface area (Å²) in [5.41, 5.74) is 1.77. The van der Waals surface area contributed by atoms with Gasteiger partial charge >= 0.3 is 12.2 Å². The van der Waals surface area contributed by atoms with Crippen molar-refractivity contribution >= 4 is 22.5 Å². The molecular weight excluding hydrogens is 405 g/mol. The van der Waals surface area contributed by atoms with Crippen molar-refractivity contribution in [1.82, 2.24) is 15.2 Å². The van der Waals surface area contributed by atoms with Gasteiger partial charge in [0.2, 0.25) is 0 Å². The molecule has 5 nitrogen and oxygen atoms in total. The largest absolute Gasteiger partial charge is 0.416 e. The van der Waals surface area contributed by atoms with E-state index in [-0.39, 0.29) is 12.1 Å². The second kappa shape index (κ2) is 8.55. The number of urea groups is 1. The van der Waals surface area contributed by atoms with Gasteiger partial charge in [-0.3, -0.25) is 9.88 Å². The number of rotatable bonds is 4. The van der Waals surface area contributed by atoms with Crippen molar-refractivity contribution in [2.45, 2.75) is 32.1 Å². The first-order valence-corrected chi connectivity index (χ1v) is 10.1. The molecule has 1 saturated heterocycles. The van der Waals surface area contributed by atoms with E-state index in [9.17, 15) is 18.0 Å². The molecular formula is C23H23F3N4O. The molecule has 162 valence electrons. The first-order valence-electron chi connectivity index (χ1n) is 10.1. The van der Waals surface area contributed by atoms with Gasteiger partial charge in [-0.2, -0.15) is 13.2 Å². The third-order valence-electron chi connectivity index (χ3n) is 5.44. The lowest BCUT2D eigenvalue weighted by Gasteiger charge is -2.18. The lowest BCUT2D eigenvalue weighted by molar-refractivity contribution is -0.137. The number of alkyl halides is 3. The summed E-state index contributed by atoms with van der Waals surface area (Å²) in [4.78, 5) is 18.9. The smallest absolute Gasteiger partial charge is 0.334 e. The minimum absolute atomic E-state index is 0.0205. The highest BCUT2D eigenvalue weighted by Gasteiger charge is 2.30. The van der Waals surface area contributed by atoms with E-state index in [1.807, 2.05) is 31.2 Å². The summed E-state index contributed by atoms with van der Waals surface area (Å²) in [7, 11) is 0. The minimum atomic E-state index is -4.33. The molecule has 0 aliphatic carbocycles. The Morgan fingerprint density at radius 3 is 2.71 bits per heavy atom. The molecule has 1 aromatic heterocycles. The molecule has 0 saturated carbocycles. The maximum atomic E-state index is 12.7. The van der Waals surface area contributed by atoms with Crippen LogP contribution in [0.1, 0.15) is 23.2 Å². The van der Waals surface area contributed by atoms with Crippen LogP contribution in [0.3, 0.4) is 0 Å². The number of carbonyl (C=O) groups is 1. The number of hydrogen-bond acceptors (Lipinski definition) is 3. The highest BCUT2D eigenvalue weighted by molar-refractivity contribution is 6.01. The highest BCUT2D eigenvalue weighted by Crippen LogP contribution is 2.29. The second-order valence-electron chi connectivity index (χ2n) is 7.87. The summed E-state index contributed by atoms with van der Waals surface area (Å²) in [6.45, 7) is 3.87. The first kappa shape index (κ1) is 21.1. The minimum Gasteiger partial charge on any atom is -0.334 e. The molecule has 31 heavy (non-hydrogen) atoms. The van der Waals surface area contributed by atoms with Gasteiger partial charge in [-0.1, -0.05) is 24.3 Å². The molecule has 1 fully saturated rings. The maximum absolute atomic E-state index is 12.7. The van der Waals surface area contributed by atoms with Crippen LogP contribution >= 0.6 is 0 Å². The Balaban J connectivity index is 1.32.